The Labute approximate surface area is 165 Å². The van der Waals surface area contributed by atoms with Gasteiger partial charge in [-0.3, -0.25) is 19.7 Å². The third-order valence-electron chi connectivity index (χ3n) is 4.95. The maximum Gasteiger partial charge on any atom is 0.255 e. The third kappa shape index (κ3) is 3.35. The van der Waals surface area contributed by atoms with Crippen molar-refractivity contribution in [2.24, 2.45) is 5.92 Å². The van der Waals surface area contributed by atoms with Crippen molar-refractivity contribution in [1.29, 1.82) is 0 Å². The first kappa shape index (κ1) is 18.1. The SMILES string of the molecule is O=C1CCC(N2Cc3c(OCC4C=C(Cl)C=C4Cl)cccc3C2=O)C(=O)N1. The molecule has 0 aromatic heterocycles. The van der Waals surface area contributed by atoms with Crippen molar-refractivity contribution in [2.45, 2.75) is 25.4 Å². The summed E-state index contributed by atoms with van der Waals surface area (Å²) in [5.74, 6) is -0.517. The fourth-order valence-corrected chi connectivity index (χ4v) is 4.13. The summed E-state index contributed by atoms with van der Waals surface area (Å²) in [4.78, 5) is 37.8. The van der Waals surface area contributed by atoms with Crippen molar-refractivity contribution < 1.29 is 19.1 Å². The molecule has 1 aromatic carbocycles. The van der Waals surface area contributed by atoms with E-state index in [1.54, 1.807) is 24.3 Å². The minimum absolute atomic E-state index is 0.127. The number of piperidine rings is 1. The van der Waals surface area contributed by atoms with E-state index in [1.165, 1.54) is 4.90 Å². The lowest BCUT2D eigenvalue weighted by Crippen LogP contribution is -2.52. The summed E-state index contributed by atoms with van der Waals surface area (Å²) in [5.41, 5.74) is 1.25. The van der Waals surface area contributed by atoms with Crippen LogP contribution in [0.25, 0.3) is 0 Å². The van der Waals surface area contributed by atoms with Gasteiger partial charge >= 0.3 is 0 Å². The Hall–Kier alpha value is -2.31. The molecule has 2 aliphatic heterocycles. The predicted octanol–water partition coefficient (Wildman–Crippen LogP) is 2.70. The molecule has 0 saturated carbocycles. The number of ether oxygens (including phenoxy) is 1. The van der Waals surface area contributed by atoms with Crippen LogP contribution in [0.2, 0.25) is 0 Å². The molecule has 4 rings (SSSR count). The molecule has 3 amide bonds. The molecule has 27 heavy (non-hydrogen) atoms. The largest absolute Gasteiger partial charge is 0.492 e. The van der Waals surface area contributed by atoms with Gasteiger partial charge in [-0.2, -0.15) is 0 Å². The Bertz CT molecular complexity index is 909. The number of carbonyl (C=O) groups excluding carboxylic acids is 3. The number of imide groups is 1. The molecule has 2 heterocycles. The Kier molecular flexibility index (Phi) is 4.70. The number of hydrogen-bond donors (Lipinski definition) is 1. The molecule has 1 saturated heterocycles. The van der Waals surface area contributed by atoms with E-state index < -0.39 is 11.9 Å². The molecular formula is C19H16Cl2N2O4. The van der Waals surface area contributed by atoms with Crippen molar-refractivity contribution in [3.05, 3.63) is 51.5 Å². The third-order valence-corrected chi connectivity index (χ3v) is 5.57. The Morgan fingerprint density at radius 3 is 2.74 bits per heavy atom. The van der Waals surface area contributed by atoms with Gasteiger partial charge in [-0.1, -0.05) is 35.3 Å². The van der Waals surface area contributed by atoms with Crippen molar-refractivity contribution in [1.82, 2.24) is 10.2 Å². The molecule has 2 unspecified atom stereocenters. The second kappa shape index (κ2) is 7.02. The summed E-state index contributed by atoms with van der Waals surface area (Å²) in [7, 11) is 0. The van der Waals surface area contributed by atoms with E-state index >= 15 is 0 Å². The summed E-state index contributed by atoms with van der Waals surface area (Å²) in [6.45, 7) is 0.566. The number of halogens is 2. The van der Waals surface area contributed by atoms with Crippen LogP contribution in [0.3, 0.4) is 0 Å². The molecule has 140 valence electrons. The van der Waals surface area contributed by atoms with E-state index in [-0.39, 0.29) is 30.7 Å². The predicted molar refractivity (Wildman–Crippen MR) is 99.3 cm³/mol. The highest BCUT2D eigenvalue weighted by atomic mass is 35.5. The first-order valence-corrected chi connectivity index (χ1v) is 9.33. The number of fused-ring (bicyclic) bond motifs is 1. The Morgan fingerprint density at radius 1 is 1.22 bits per heavy atom. The number of nitrogens with one attached hydrogen (secondary N) is 1. The smallest absolute Gasteiger partial charge is 0.255 e. The van der Waals surface area contributed by atoms with Crippen LogP contribution in [-0.4, -0.2) is 35.3 Å². The molecule has 6 nitrogen and oxygen atoms in total. The summed E-state index contributed by atoms with van der Waals surface area (Å²) >= 11 is 12.1. The number of benzene rings is 1. The first-order chi connectivity index (χ1) is 12.9. The minimum Gasteiger partial charge on any atom is -0.492 e. The van der Waals surface area contributed by atoms with Gasteiger partial charge in [0.05, 0.1) is 13.2 Å². The Morgan fingerprint density at radius 2 is 2.04 bits per heavy atom. The molecule has 0 bridgehead atoms. The Balaban J connectivity index is 1.52. The molecule has 1 aliphatic carbocycles. The second-order valence-corrected chi connectivity index (χ2v) is 7.55. The number of nitrogens with zero attached hydrogens (tertiary/aromatic N) is 1. The minimum atomic E-state index is -0.649. The van der Waals surface area contributed by atoms with Crippen molar-refractivity contribution in [2.75, 3.05) is 6.61 Å². The molecule has 1 fully saturated rings. The topological polar surface area (TPSA) is 75.7 Å². The highest BCUT2D eigenvalue weighted by Crippen LogP contribution is 2.35. The lowest BCUT2D eigenvalue weighted by molar-refractivity contribution is -0.136. The van der Waals surface area contributed by atoms with Crippen LogP contribution in [0.15, 0.2) is 40.4 Å². The molecule has 0 radical (unpaired) electrons. The lowest BCUT2D eigenvalue weighted by Gasteiger charge is -2.29. The van der Waals surface area contributed by atoms with Crippen LogP contribution < -0.4 is 10.1 Å². The fraction of sp³-hybridized carbons (Fsp3) is 0.316. The van der Waals surface area contributed by atoms with Gasteiger partial charge in [0.2, 0.25) is 11.8 Å². The van der Waals surface area contributed by atoms with Gasteiger partial charge in [0.25, 0.3) is 5.91 Å². The summed E-state index contributed by atoms with van der Waals surface area (Å²) in [6.07, 6.45) is 4.04. The van der Waals surface area contributed by atoms with Crippen molar-refractivity contribution in [3.8, 4) is 5.75 Å². The normalized spacial score (nSPS) is 24.5. The van der Waals surface area contributed by atoms with Gasteiger partial charge in [-0.05, 0) is 24.6 Å². The number of carbonyl (C=O) groups is 3. The summed E-state index contributed by atoms with van der Waals surface area (Å²) in [5, 5.41) is 3.48. The number of hydrogen-bond acceptors (Lipinski definition) is 4. The highest BCUT2D eigenvalue weighted by molar-refractivity contribution is 6.36. The van der Waals surface area contributed by atoms with Gasteiger partial charge < -0.3 is 9.64 Å². The van der Waals surface area contributed by atoms with E-state index in [0.29, 0.717) is 34.4 Å². The number of rotatable bonds is 4. The monoisotopic (exact) mass is 406 g/mol. The second-order valence-electron chi connectivity index (χ2n) is 6.68. The van der Waals surface area contributed by atoms with Gasteiger partial charge in [0.1, 0.15) is 11.8 Å². The molecule has 3 aliphatic rings. The highest BCUT2D eigenvalue weighted by Gasteiger charge is 2.40. The van der Waals surface area contributed by atoms with Crippen LogP contribution in [-0.2, 0) is 16.1 Å². The average Bonchev–Trinajstić information content (AvgIpc) is 3.12. The standard InChI is InChI=1S/C19H16Cl2N2O4/c20-11-6-10(14(21)7-11)9-27-16-3-1-2-12-13(16)8-23(19(12)26)15-4-5-17(24)22-18(15)25/h1-3,6-7,10,15H,4-5,8-9H2,(H,22,24,25). The summed E-state index contributed by atoms with van der Waals surface area (Å²) in [6, 6.07) is 4.60. The molecule has 2 atom stereocenters. The first-order valence-electron chi connectivity index (χ1n) is 8.58. The van der Waals surface area contributed by atoms with Crippen LogP contribution in [0.1, 0.15) is 28.8 Å². The maximum atomic E-state index is 12.8. The van der Waals surface area contributed by atoms with Gasteiger partial charge in [0.15, 0.2) is 0 Å². The maximum absolute atomic E-state index is 12.8. The quantitative estimate of drug-likeness (QED) is 0.779. The average molecular weight is 407 g/mol. The molecular weight excluding hydrogens is 391 g/mol. The van der Waals surface area contributed by atoms with Crippen LogP contribution in [0.4, 0.5) is 0 Å². The van der Waals surface area contributed by atoms with E-state index in [9.17, 15) is 14.4 Å². The van der Waals surface area contributed by atoms with Gasteiger partial charge in [-0.15, -0.1) is 0 Å². The number of allylic oxidation sites excluding steroid dienone is 2. The van der Waals surface area contributed by atoms with Crippen molar-refractivity contribution >= 4 is 40.9 Å². The van der Waals surface area contributed by atoms with Crippen LogP contribution in [0, 0.1) is 5.92 Å². The number of amides is 3. The molecule has 0 spiro atoms. The van der Waals surface area contributed by atoms with Gasteiger partial charge in [-0.25, -0.2) is 0 Å². The van der Waals surface area contributed by atoms with E-state index in [2.05, 4.69) is 5.32 Å². The zero-order valence-electron chi connectivity index (χ0n) is 14.2. The fourth-order valence-electron chi connectivity index (χ4n) is 3.56. The zero-order chi connectivity index (χ0) is 19.1. The van der Waals surface area contributed by atoms with Crippen LogP contribution >= 0.6 is 23.2 Å². The van der Waals surface area contributed by atoms with E-state index in [0.717, 1.165) is 5.56 Å². The van der Waals surface area contributed by atoms with Crippen LogP contribution in [0.5, 0.6) is 5.75 Å². The molecule has 1 aromatic rings. The molecule has 8 heteroatoms. The van der Waals surface area contributed by atoms with E-state index in [4.69, 9.17) is 27.9 Å². The van der Waals surface area contributed by atoms with Gasteiger partial charge in [0, 0.05) is 33.5 Å². The van der Waals surface area contributed by atoms with Crippen molar-refractivity contribution in [3.63, 3.8) is 0 Å². The molecule has 1 N–H and O–H groups in total. The summed E-state index contributed by atoms with van der Waals surface area (Å²) < 4.78 is 5.92. The zero-order valence-corrected chi connectivity index (χ0v) is 15.7. The lowest BCUT2D eigenvalue weighted by atomic mass is 10.0. The van der Waals surface area contributed by atoms with E-state index in [1.807, 2.05) is 6.08 Å².